The van der Waals surface area contributed by atoms with E-state index in [2.05, 4.69) is 0 Å². The van der Waals surface area contributed by atoms with Gasteiger partial charge in [0.05, 0.1) is 19.6 Å². The number of esters is 2. The minimum Gasteiger partial charge on any atom is -0.490 e. The third-order valence-electron chi connectivity index (χ3n) is 4.14. The number of carbonyl (C=O) groups is 2. The monoisotopic (exact) mass is 466 g/mol. The maximum atomic E-state index is 11.0. The Balaban J connectivity index is 0.000000259. The number of aliphatic hydroxyl groups is 1. The molecule has 0 aromatic heterocycles. The molecular weight excluding hydrogens is 432 g/mol. The summed E-state index contributed by atoms with van der Waals surface area (Å²) in [5.74, 6) is 0.563. The molecule has 34 heavy (non-hydrogen) atoms. The van der Waals surface area contributed by atoms with Crippen molar-refractivity contribution in [2.24, 2.45) is 0 Å². The van der Waals surface area contributed by atoms with E-state index in [0.29, 0.717) is 31.1 Å². The van der Waals surface area contributed by atoms with Gasteiger partial charge in [0.1, 0.15) is 0 Å². The average molecular weight is 467 g/mol. The number of para-hydroxylation sites is 2. The van der Waals surface area contributed by atoms with Gasteiger partial charge < -0.3 is 19.3 Å². The molecule has 6 heteroatoms. The highest BCUT2D eigenvalue weighted by atomic mass is 16.6. The number of aliphatic hydroxyl groups excluding tert-OH is 1. The van der Waals surface area contributed by atoms with E-state index in [-0.39, 0.29) is 18.5 Å². The largest absolute Gasteiger partial charge is 0.490 e. The molecule has 0 aliphatic heterocycles. The van der Waals surface area contributed by atoms with Crippen LogP contribution in [-0.4, -0.2) is 36.9 Å². The Labute approximate surface area is 202 Å². The van der Waals surface area contributed by atoms with E-state index < -0.39 is 0 Å². The molecule has 0 saturated heterocycles. The lowest BCUT2D eigenvalue weighted by atomic mass is 10.2. The van der Waals surface area contributed by atoms with Crippen LogP contribution >= 0.6 is 0 Å². The first kappa shape index (κ1) is 28.4. The highest BCUT2D eigenvalue weighted by molar-refractivity contribution is 5.72. The maximum Gasteiger partial charge on any atom is 0.310 e. The Kier molecular flexibility index (Phi) is 14.9. The number of carbonyl (C=O) groups excluding carboxylic acids is 2. The van der Waals surface area contributed by atoms with Crippen molar-refractivity contribution in [3.8, 4) is 11.5 Å². The highest BCUT2D eigenvalue weighted by Crippen LogP contribution is 2.26. The SMILES string of the molecule is CCOC(=O)Cc1ccccc1.CCOc1ccccc1OC(C)=O.OCCc1ccccc1. The lowest BCUT2D eigenvalue weighted by molar-refractivity contribution is -0.142. The van der Waals surface area contributed by atoms with E-state index in [0.717, 1.165) is 12.0 Å². The van der Waals surface area contributed by atoms with Crippen LogP contribution < -0.4 is 9.47 Å². The lowest BCUT2D eigenvalue weighted by Gasteiger charge is -2.08. The minimum atomic E-state index is -0.341. The predicted octanol–water partition coefficient (Wildman–Crippen LogP) is 5.02. The van der Waals surface area contributed by atoms with Gasteiger partial charge in [-0.2, -0.15) is 0 Å². The molecule has 1 N–H and O–H groups in total. The molecule has 0 atom stereocenters. The smallest absolute Gasteiger partial charge is 0.310 e. The Morgan fingerprint density at radius 1 is 0.735 bits per heavy atom. The van der Waals surface area contributed by atoms with Crippen LogP contribution in [0.3, 0.4) is 0 Å². The molecule has 0 aliphatic rings. The topological polar surface area (TPSA) is 82.1 Å². The first-order valence-corrected chi connectivity index (χ1v) is 11.2. The highest BCUT2D eigenvalue weighted by Gasteiger charge is 2.05. The van der Waals surface area contributed by atoms with Crippen LogP contribution in [0.5, 0.6) is 11.5 Å². The Morgan fingerprint density at radius 3 is 1.76 bits per heavy atom. The molecule has 0 radical (unpaired) electrons. The molecule has 3 aromatic rings. The molecule has 0 fully saturated rings. The van der Waals surface area contributed by atoms with Gasteiger partial charge in [-0.15, -0.1) is 0 Å². The summed E-state index contributed by atoms with van der Waals surface area (Å²) >= 11 is 0. The van der Waals surface area contributed by atoms with E-state index in [9.17, 15) is 9.59 Å². The first-order chi connectivity index (χ1) is 16.5. The van der Waals surface area contributed by atoms with Crippen molar-refractivity contribution in [3.05, 3.63) is 96.1 Å². The summed E-state index contributed by atoms with van der Waals surface area (Å²) in [5.41, 5.74) is 2.19. The van der Waals surface area contributed by atoms with Gasteiger partial charge in [0.25, 0.3) is 0 Å². The molecule has 0 aliphatic carbocycles. The van der Waals surface area contributed by atoms with E-state index in [4.69, 9.17) is 19.3 Å². The molecule has 0 amide bonds. The second-order valence-electron chi connectivity index (χ2n) is 6.90. The molecule has 0 spiro atoms. The summed E-state index contributed by atoms with van der Waals surface area (Å²) in [7, 11) is 0. The summed E-state index contributed by atoms with van der Waals surface area (Å²) in [4.78, 5) is 21.7. The number of hydrogen-bond acceptors (Lipinski definition) is 6. The molecular formula is C28H34O6. The van der Waals surface area contributed by atoms with E-state index in [1.54, 1.807) is 18.2 Å². The summed E-state index contributed by atoms with van der Waals surface area (Å²) in [6.45, 7) is 6.30. The van der Waals surface area contributed by atoms with Crippen LogP contribution in [0.2, 0.25) is 0 Å². The van der Waals surface area contributed by atoms with E-state index >= 15 is 0 Å². The summed E-state index contributed by atoms with van der Waals surface area (Å²) in [6, 6.07) is 26.6. The van der Waals surface area contributed by atoms with Crippen LogP contribution in [0.4, 0.5) is 0 Å². The van der Waals surface area contributed by atoms with Gasteiger partial charge in [-0.1, -0.05) is 72.8 Å². The second-order valence-corrected chi connectivity index (χ2v) is 6.90. The van der Waals surface area contributed by atoms with Crippen LogP contribution in [0, 0.1) is 0 Å². The van der Waals surface area contributed by atoms with Gasteiger partial charge in [-0.25, -0.2) is 0 Å². The van der Waals surface area contributed by atoms with Gasteiger partial charge in [0, 0.05) is 13.5 Å². The molecule has 182 valence electrons. The van der Waals surface area contributed by atoms with Gasteiger partial charge in [0.15, 0.2) is 11.5 Å². The van der Waals surface area contributed by atoms with Crippen molar-refractivity contribution in [2.45, 2.75) is 33.6 Å². The Bertz CT molecular complexity index is 941. The van der Waals surface area contributed by atoms with Gasteiger partial charge >= 0.3 is 11.9 Å². The summed E-state index contributed by atoms with van der Waals surface area (Å²) in [5, 5.41) is 8.52. The van der Waals surface area contributed by atoms with E-state index in [1.807, 2.05) is 80.6 Å². The summed E-state index contributed by atoms with van der Waals surface area (Å²) < 4.78 is 15.0. The van der Waals surface area contributed by atoms with Crippen LogP contribution in [0.15, 0.2) is 84.9 Å². The standard InChI is InChI=1S/C10H12O3.C10H12O2.C8H10O/c1-3-12-9-6-4-5-7-10(9)13-8(2)11;1-2-12-10(11)8-9-6-4-3-5-7-9;9-7-6-8-4-2-1-3-5-8/h4-7H,3H2,1-2H3;3-7H,2,8H2,1H3;1-5,9H,6-7H2. The fraction of sp³-hybridized carbons (Fsp3) is 0.286. The second kappa shape index (κ2) is 17.9. The zero-order valence-corrected chi connectivity index (χ0v) is 20.1. The lowest BCUT2D eigenvalue weighted by Crippen LogP contribution is -2.06. The number of rotatable bonds is 8. The van der Waals surface area contributed by atoms with Crippen LogP contribution in [-0.2, 0) is 27.2 Å². The molecule has 0 heterocycles. The molecule has 0 saturated carbocycles. The van der Waals surface area contributed by atoms with E-state index in [1.165, 1.54) is 12.5 Å². The Hall–Kier alpha value is -3.64. The number of benzene rings is 3. The van der Waals surface area contributed by atoms with Crippen molar-refractivity contribution in [2.75, 3.05) is 19.8 Å². The van der Waals surface area contributed by atoms with Crippen molar-refractivity contribution in [1.82, 2.24) is 0 Å². The third-order valence-corrected chi connectivity index (χ3v) is 4.14. The zero-order valence-electron chi connectivity index (χ0n) is 20.1. The fourth-order valence-electron chi connectivity index (χ4n) is 2.71. The maximum absolute atomic E-state index is 11.0. The third kappa shape index (κ3) is 13.0. The van der Waals surface area contributed by atoms with Gasteiger partial charge in [-0.3, -0.25) is 9.59 Å². The molecule has 6 nitrogen and oxygen atoms in total. The minimum absolute atomic E-state index is 0.163. The van der Waals surface area contributed by atoms with Crippen molar-refractivity contribution in [1.29, 1.82) is 0 Å². The predicted molar refractivity (Wildman–Crippen MR) is 133 cm³/mol. The summed E-state index contributed by atoms with van der Waals surface area (Å²) in [6.07, 6.45) is 1.13. The fourth-order valence-corrected chi connectivity index (χ4v) is 2.71. The molecule has 3 aromatic carbocycles. The quantitative estimate of drug-likeness (QED) is 0.371. The first-order valence-electron chi connectivity index (χ1n) is 11.2. The zero-order chi connectivity index (χ0) is 25.0. The van der Waals surface area contributed by atoms with Crippen molar-refractivity contribution in [3.63, 3.8) is 0 Å². The number of hydrogen-bond donors (Lipinski definition) is 1. The van der Waals surface area contributed by atoms with Crippen molar-refractivity contribution >= 4 is 11.9 Å². The normalized spacial score (nSPS) is 9.41. The van der Waals surface area contributed by atoms with Crippen LogP contribution in [0.1, 0.15) is 31.9 Å². The Morgan fingerprint density at radius 2 is 1.26 bits per heavy atom. The molecule has 0 bridgehead atoms. The van der Waals surface area contributed by atoms with Crippen molar-refractivity contribution < 1.29 is 28.9 Å². The molecule has 3 rings (SSSR count). The molecule has 0 unspecified atom stereocenters. The van der Waals surface area contributed by atoms with Crippen LogP contribution in [0.25, 0.3) is 0 Å². The average Bonchev–Trinajstić information content (AvgIpc) is 2.83. The van der Waals surface area contributed by atoms with Gasteiger partial charge in [-0.05, 0) is 43.5 Å². The van der Waals surface area contributed by atoms with Gasteiger partial charge in [0.2, 0.25) is 0 Å². The number of ether oxygens (including phenoxy) is 3.